The van der Waals surface area contributed by atoms with Crippen LogP contribution in [0.1, 0.15) is 23.9 Å². The van der Waals surface area contributed by atoms with Gasteiger partial charge < -0.3 is 4.57 Å². The van der Waals surface area contributed by atoms with Crippen molar-refractivity contribution in [2.45, 2.75) is 27.2 Å². The van der Waals surface area contributed by atoms with Crippen LogP contribution in [-0.4, -0.2) is 9.55 Å². The zero-order valence-electron chi connectivity index (χ0n) is 9.49. The molecule has 0 bridgehead atoms. The predicted octanol–water partition coefficient (Wildman–Crippen LogP) is 3.05. The molecule has 0 aliphatic rings. The smallest absolute Gasteiger partial charge is 0.136 e. The van der Waals surface area contributed by atoms with Crippen LogP contribution in [0.15, 0.2) is 30.5 Å². The third kappa shape index (κ3) is 1.80. The first-order chi connectivity index (χ1) is 7.22. The van der Waals surface area contributed by atoms with E-state index in [4.69, 9.17) is 0 Å². The summed E-state index contributed by atoms with van der Waals surface area (Å²) in [5.41, 5.74) is 3.73. The molecule has 2 aromatic rings. The SMILES string of the molecule is CCc1ccc(-n2c(C)ccc2C)nc1. The summed E-state index contributed by atoms with van der Waals surface area (Å²) < 4.78 is 2.17. The van der Waals surface area contributed by atoms with Crippen LogP contribution < -0.4 is 0 Å². The lowest BCUT2D eigenvalue weighted by Gasteiger charge is -2.08. The van der Waals surface area contributed by atoms with Gasteiger partial charge in [0.15, 0.2) is 0 Å². The van der Waals surface area contributed by atoms with E-state index in [9.17, 15) is 0 Å². The van der Waals surface area contributed by atoms with Crippen LogP contribution in [0.5, 0.6) is 0 Å². The number of rotatable bonds is 2. The molecule has 0 saturated heterocycles. The van der Waals surface area contributed by atoms with Gasteiger partial charge in [0.05, 0.1) is 0 Å². The maximum Gasteiger partial charge on any atom is 0.136 e. The summed E-state index contributed by atoms with van der Waals surface area (Å²) in [5.74, 6) is 1.01. The molecule has 2 rings (SSSR count). The van der Waals surface area contributed by atoms with Gasteiger partial charge in [-0.2, -0.15) is 0 Å². The Labute approximate surface area is 90.6 Å². The Kier molecular flexibility index (Phi) is 2.58. The van der Waals surface area contributed by atoms with Gasteiger partial charge in [0, 0.05) is 17.6 Å². The number of hydrogen-bond donors (Lipinski definition) is 0. The van der Waals surface area contributed by atoms with Crippen LogP contribution in [0.4, 0.5) is 0 Å². The van der Waals surface area contributed by atoms with E-state index in [2.05, 4.69) is 54.6 Å². The second kappa shape index (κ2) is 3.89. The Morgan fingerprint density at radius 1 is 1.07 bits per heavy atom. The first-order valence-electron chi connectivity index (χ1n) is 5.32. The molecule has 0 radical (unpaired) electrons. The fourth-order valence-corrected chi connectivity index (χ4v) is 1.79. The summed E-state index contributed by atoms with van der Waals surface area (Å²) in [5, 5.41) is 0. The molecule has 0 aliphatic heterocycles. The van der Waals surface area contributed by atoms with Gasteiger partial charge in [0.1, 0.15) is 5.82 Å². The summed E-state index contributed by atoms with van der Waals surface area (Å²) in [4.78, 5) is 4.48. The van der Waals surface area contributed by atoms with E-state index in [0.29, 0.717) is 0 Å². The molecule has 2 heterocycles. The zero-order chi connectivity index (χ0) is 10.8. The summed E-state index contributed by atoms with van der Waals surface area (Å²) in [6.45, 7) is 6.34. The van der Waals surface area contributed by atoms with Crippen molar-refractivity contribution in [1.29, 1.82) is 0 Å². The third-order valence-electron chi connectivity index (χ3n) is 2.72. The molecule has 0 unspecified atom stereocenters. The summed E-state index contributed by atoms with van der Waals surface area (Å²) in [6, 6.07) is 8.45. The van der Waals surface area contributed by atoms with Crippen molar-refractivity contribution in [3.8, 4) is 5.82 Å². The van der Waals surface area contributed by atoms with Gasteiger partial charge in [-0.05, 0) is 44.0 Å². The van der Waals surface area contributed by atoms with E-state index in [1.165, 1.54) is 17.0 Å². The quantitative estimate of drug-likeness (QED) is 0.728. The Hall–Kier alpha value is -1.57. The van der Waals surface area contributed by atoms with Crippen molar-refractivity contribution >= 4 is 0 Å². The number of pyridine rings is 1. The second-order valence-corrected chi connectivity index (χ2v) is 3.83. The second-order valence-electron chi connectivity index (χ2n) is 3.83. The summed E-state index contributed by atoms with van der Waals surface area (Å²) in [6.07, 6.45) is 2.99. The topological polar surface area (TPSA) is 17.8 Å². The van der Waals surface area contributed by atoms with Crippen molar-refractivity contribution in [1.82, 2.24) is 9.55 Å². The maximum absolute atomic E-state index is 4.48. The molecule has 0 aromatic carbocycles. The lowest BCUT2D eigenvalue weighted by molar-refractivity contribution is 0.915. The minimum atomic E-state index is 1.01. The fourth-order valence-electron chi connectivity index (χ4n) is 1.79. The van der Waals surface area contributed by atoms with Crippen LogP contribution in [-0.2, 0) is 6.42 Å². The molecule has 0 fully saturated rings. The van der Waals surface area contributed by atoms with Crippen LogP contribution in [0.25, 0.3) is 5.82 Å². The lowest BCUT2D eigenvalue weighted by atomic mass is 10.2. The Bertz CT molecular complexity index is 432. The van der Waals surface area contributed by atoms with E-state index >= 15 is 0 Å². The van der Waals surface area contributed by atoms with Gasteiger partial charge in [-0.1, -0.05) is 13.0 Å². The first-order valence-corrected chi connectivity index (χ1v) is 5.32. The predicted molar refractivity (Wildman–Crippen MR) is 62.4 cm³/mol. The third-order valence-corrected chi connectivity index (χ3v) is 2.72. The van der Waals surface area contributed by atoms with Crippen molar-refractivity contribution in [2.24, 2.45) is 0 Å². The molecule has 0 N–H and O–H groups in total. The van der Waals surface area contributed by atoms with Crippen molar-refractivity contribution in [2.75, 3.05) is 0 Å². The van der Waals surface area contributed by atoms with Gasteiger partial charge in [-0.25, -0.2) is 4.98 Å². The molecule has 0 aliphatic carbocycles. The van der Waals surface area contributed by atoms with Crippen LogP contribution >= 0.6 is 0 Å². The molecular weight excluding hydrogens is 184 g/mol. The lowest BCUT2D eigenvalue weighted by Crippen LogP contribution is -2.01. The number of aromatic nitrogens is 2. The fraction of sp³-hybridized carbons (Fsp3) is 0.308. The zero-order valence-corrected chi connectivity index (χ0v) is 9.49. The van der Waals surface area contributed by atoms with Crippen LogP contribution in [0.2, 0.25) is 0 Å². The van der Waals surface area contributed by atoms with Crippen LogP contribution in [0, 0.1) is 13.8 Å². The van der Waals surface area contributed by atoms with Gasteiger partial charge >= 0.3 is 0 Å². The van der Waals surface area contributed by atoms with E-state index in [-0.39, 0.29) is 0 Å². The molecule has 2 heteroatoms. The summed E-state index contributed by atoms with van der Waals surface area (Å²) >= 11 is 0. The van der Waals surface area contributed by atoms with E-state index < -0.39 is 0 Å². The molecule has 0 amide bonds. The molecule has 2 aromatic heterocycles. The summed E-state index contributed by atoms with van der Waals surface area (Å²) in [7, 11) is 0. The van der Waals surface area contributed by atoms with E-state index in [1.54, 1.807) is 0 Å². The highest BCUT2D eigenvalue weighted by Gasteiger charge is 2.04. The highest BCUT2D eigenvalue weighted by atomic mass is 15.1. The number of hydrogen-bond acceptors (Lipinski definition) is 1. The minimum Gasteiger partial charge on any atom is -0.303 e. The normalized spacial score (nSPS) is 10.6. The molecular formula is C13H16N2. The van der Waals surface area contributed by atoms with Gasteiger partial charge in [-0.15, -0.1) is 0 Å². The van der Waals surface area contributed by atoms with Crippen molar-refractivity contribution < 1.29 is 0 Å². The monoisotopic (exact) mass is 200 g/mol. The average molecular weight is 200 g/mol. The molecule has 78 valence electrons. The Balaban J connectivity index is 2.45. The average Bonchev–Trinajstić information content (AvgIpc) is 2.59. The first kappa shape index (κ1) is 9.97. The molecule has 0 saturated carbocycles. The standard InChI is InChI=1S/C13H16N2/c1-4-12-7-8-13(14-9-12)15-10(2)5-6-11(15)3/h5-9H,4H2,1-3H3. The Morgan fingerprint density at radius 2 is 1.73 bits per heavy atom. The molecule has 0 atom stereocenters. The number of aryl methyl sites for hydroxylation is 3. The van der Waals surface area contributed by atoms with E-state index in [0.717, 1.165) is 12.2 Å². The van der Waals surface area contributed by atoms with Gasteiger partial charge in [0.2, 0.25) is 0 Å². The minimum absolute atomic E-state index is 1.01. The van der Waals surface area contributed by atoms with Crippen LogP contribution in [0.3, 0.4) is 0 Å². The maximum atomic E-state index is 4.48. The van der Waals surface area contributed by atoms with Gasteiger partial charge in [0.25, 0.3) is 0 Å². The largest absolute Gasteiger partial charge is 0.303 e. The molecule has 2 nitrogen and oxygen atoms in total. The number of nitrogens with zero attached hydrogens (tertiary/aromatic N) is 2. The molecule has 15 heavy (non-hydrogen) atoms. The molecule has 0 spiro atoms. The highest BCUT2D eigenvalue weighted by Crippen LogP contribution is 2.14. The Morgan fingerprint density at radius 3 is 2.20 bits per heavy atom. The van der Waals surface area contributed by atoms with Gasteiger partial charge in [-0.3, -0.25) is 0 Å². The van der Waals surface area contributed by atoms with E-state index in [1.807, 2.05) is 6.20 Å². The highest BCUT2D eigenvalue weighted by molar-refractivity contribution is 5.32. The van der Waals surface area contributed by atoms with Crippen molar-refractivity contribution in [3.05, 3.63) is 47.4 Å². The van der Waals surface area contributed by atoms with Crippen molar-refractivity contribution in [3.63, 3.8) is 0 Å².